The summed E-state index contributed by atoms with van der Waals surface area (Å²) >= 11 is 0. The molecule has 0 aromatic heterocycles. The minimum absolute atomic E-state index is 0.0720. The topological polar surface area (TPSA) is 78.9 Å². The van der Waals surface area contributed by atoms with Gasteiger partial charge in [0.15, 0.2) is 6.10 Å². The minimum atomic E-state index is -0.769. The van der Waals surface area contributed by atoms with E-state index in [4.69, 9.17) is 14.2 Å². The average Bonchev–Trinajstić information content (AvgIpc) is 3.28. The zero-order valence-electron chi connectivity index (χ0n) is 42.4. The fourth-order valence-electron chi connectivity index (χ4n) is 8.20. The van der Waals surface area contributed by atoms with Crippen LogP contribution in [-0.2, 0) is 28.6 Å². The first-order valence-electron chi connectivity index (χ1n) is 27.8. The Morgan fingerprint density at radius 2 is 0.524 bits per heavy atom. The summed E-state index contributed by atoms with van der Waals surface area (Å²) in [5.41, 5.74) is 0. The van der Waals surface area contributed by atoms with Crippen LogP contribution in [0.15, 0.2) is 24.3 Å². The first-order chi connectivity index (χ1) is 31.0. The molecule has 0 amide bonds. The van der Waals surface area contributed by atoms with E-state index < -0.39 is 6.10 Å². The Balaban J connectivity index is 4.11. The van der Waals surface area contributed by atoms with Crippen molar-refractivity contribution in [2.24, 2.45) is 0 Å². The smallest absolute Gasteiger partial charge is 0.306 e. The zero-order chi connectivity index (χ0) is 45.8. The highest BCUT2D eigenvalue weighted by Gasteiger charge is 2.19. The van der Waals surface area contributed by atoms with Gasteiger partial charge < -0.3 is 14.2 Å². The molecule has 0 radical (unpaired) electrons. The largest absolute Gasteiger partial charge is 0.462 e. The Labute approximate surface area is 392 Å². The Morgan fingerprint density at radius 1 is 0.302 bits per heavy atom. The van der Waals surface area contributed by atoms with Crippen LogP contribution >= 0.6 is 0 Å². The van der Waals surface area contributed by atoms with E-state index >= 15 is 0 Å². The Bertz CT molecular complexity index is 1020. The highest BCUT2D eigenvalue weighted by Crippen LogP contribution is 2.16. The van der Waals surface area contributed by atoms with E-state index in [9.17, 15) is 14.4 Å². The lowest BCUT2D eigenvalue weighted by Gasteiger charge is -2.18. The summed E-state index contributed by atoms with van der Waals surface area (Å²) in [6.07, 6.45) is 60.6. The summed E-state index contributed by atoms with van der Waals surface area (Å²) < 4.78 is 16.7. The third-order valence-electron chi connectivity index (χ3n) is 12.4. The molecule has 1 unspecified atom stereocenters. The maximum atomic E-state index is 12.8. The van der Waals surface area contributed by atoms with Crippen molar-refractivity contribution in [1.82, 2.24) is 0 Å². The lowest BCUT2D eigenvalue weighted by Crippen LogP contribution is -2.30. The van der Waals surface area contributed by atoms with Gasteiger partial charge in [0.1, 0.15) is 13.2 Å². The average molecular weight is 887 g/mol. The number of rotatable bonds is 51. The molecule has 0 heterocycles. The van der Waals surface area contributed by atoms with Gasteiger partial charge in [0, 0.05) is 19.3 Å². The fraction of sp³-hybridized carbons (Fsp3) is 0.877. The molecule has 0 spiro atoms. The van der Waals surface area contributed by atoms with Crippen LogP contribution in [0.5, 0.6) is 0 Å². The highest BCUT2D eigenvalue weighted by atomic mass is 16.6. The highest BCUT2D eigenvalue weighted by molar-refractivity contribution is 5.71. The van der Waals surface area contributed by atoms with Crippen LogP contribution in [0, 0.1) is 0 Å². The minimum Gasteiger partial charge on any atom is -0.462 e. The molecule has 0 aliphatic carbocycles. The Kier molecular flexibility index (Phi) is 50.8. The molecule has 0 saturated carbocycles. The molecule has 0 aliphatic rings. The van der Waals surface area contributed by atoms with Crippen molar-refractivity contribution < 1.29 is 28.6 Å². The lowest BCUT2D eigenvalue weighted by atomic mass is 10.0. The van der Waals surface area contributed by atoms with Gasteiger partial charge in [0.05, 0.1) is 0 Å². The first-order valence-corrected chi connectivity index (χ1v) is 27.8. The van der Waals surface area contributed by atoms with Crippen LogP contribution in [0.3, 0.4) is 0 Å². The summed E-state index contributed by atoms with van der Waals surface area (Å²) in [5.74, 6) is -0.877. The number of hydrogen-bond donors (Lipinski definition) is 0. The van der Waals surface area contributed by atoms with Crippen LogP contribution < -0.4 is 0 Å². The first kappa shape index (κ1) is 60.9. The molecule has 0 rings (SSSR count). The van der Waals surface area contributed by atoms with Gasteiger partial charge >= 0.3 is 17.9 Å². The summed E-state index contributed by atoms with van der Waals surface area (Å²) in [5, 5.41) is 0. The second-order valence-corrected chi connectivity index (χ2v) is 18.8. The van der Waals surface area contributed by atoms with Crippen LogP contribution in [0.4, 0.5) is 0 Å². The molecular weight excluding hydrogens is 781 g/mol. The van der Waals surface area contributed by atoms with E-state index in [1.165, 1.54) is 199 Å². The van der Waals surface area contributed by atoms with Crippen molar-refractivity contribution in [1.29, 1.82) is 0 Å². The molecule has 370 valence electrons. The summed E-state index contributed by atoms with van der Waals surface area (Å²) in [6.45, 7) is 6.60. The molecule has 1 atom stereocenters. The number of unbranched alkanes of at least 4 members (excludes halogenated alkanes) is 36. The van der Waals surface area contributed by atoms with Gasteiger partial charge in [-0.25, -0.2) is 0 Å². The Hall–Kier alpha value is -2.11. The van der Waals surface area contributed by atoms with Crippen molar-refractivity contribution in [2.75, 3.05) is 13.2 Å². The molecule has 6 heteroatoms. The number of carbonyl (C=O) groups is 3. The molecule has 0 aromatic rings. The van der Waals surface area contributed by atoms with Crippen molar-refractivity contribution in [3.63, 3.8) is 0 Å². The van der Waals surface area contributed by atoms with Crippen molar-refractivity contribution in [2.45, 2.75) is 309 Å². The quantitative estimate of drug-likeness (QED) is 0.0262. The number of hydrogen-bond acceptors (Lipinski definition) is 6. The van der Waals surface area contributed by atoms with Gasteiger partial charge in [-0.3, -0.25) is 14.4 Å². The van der Waals surface area contributed by atoms with Gasteiger partial charge in [-0.15, -0.1) is 0 Å². The Morgan fingerprint density at radius 3 is 0.794 bits per heavy atom. The van der Waals surface area contributed by atoms with Gasteiger partial charge in [-0.2, -0.15) is 0 Å². The van der Waals surface area contributed by atoms with E-state index in [1.807, 2.05) is 0 Å². The number of carbonyl (C=O) groups excluding carboxylic acids is 3. The molecule has 0 bridgehead atoms. The zero-order valence-corrected chi connectivity index (χ0v) is 42.4. The van der Waals surface area contributed by atoms with Crippen LogP contribution in [0.25, 0.3) is 0 Å². The van der Waals surface area contributed by atoms with Crippen molar-refractivity contribution >= 4 is 17.9 Å². The SMILES string of the molecule is CCCCCCCCC/C=C\CCCCCCCC(=O)OC(COC(=O)CCCCCCCC)COC(=O)CCCCCCCCCCCCC/C=C\CCCCCCCCCC. The summed E-state index contributed by atoms with van der Waals surface area (Å²) in [6, 6.07) is 0. The number of allylic oxidation sites excluding steroid dienone is 4. The fourth-order valence-corrected chi connectivity index (χ4v) is 8.20. The van der Waals surface area contributed by atoms with Gasteiger partial charge in [-0.1, -0.05) is 238 Å². The van der Waals surface area contributed by atoms with Crippen LogP contribution in [0.1, 0.15) is 303 Å². The lowest BCUT2D eigenvalue weighted by molar-refractivity contribution is -0.167. The van der Waals surface area contributed by atoms with Gasteiger partial charge in [0.2, 0.25) is 0 Å². The summed E-state index contributed by atoms with van der Waals surface area (Å²) in [7, 11) is 0. The molecule has 6 nitrogen and oxygen atoms in total. The third kappa shape index (κ3) is 50.7. The molecular formula is C57H106O6. The van der Waals surface area contributed by atoms with E-state index in [-0.39, 0.29) is 31.1 Å². The number of esters is 3. The predicted molar refractivity (Wildman–Crippen MR) is 270 cm³/mol. The predicted octanol–water partition coefficient (Wildman–Crippen LogP) is 18.3. The van der Waals surface area contributed by atoms with Gasteiger partial charge in [-0.05, 0) is 70.6 Å². The van der Waals surface area contributed by atoms with E-state index in [1.54, 1.807) is 0 Å². The third-order valence-corrected chi connectivity index (χ3v) is 12.4. The normalized spacial score (nSPS) is 12.1. The van der Waals surface area contributed by atoms with Crippen LogP contribution in [0.2, 0.25) is 0 Å². The molecule has 0 fully saturated rings. The van der Waals surface area contributed by atoms with Crippen LogP contribution in [-0.4, -0.2) is 37.2 Å². The molecule has 0 aliphatic heterocycles. The van der Waals surface area contributed by atoms with E-state index in [0.29, 0.717) is 19.3 Å². The molecule has 0 N–H and O–H groups in total. The van der Waals surface area contributed by atoms with Gasteiger partial charge in [0.25, 0.3) is 0 Å². The maximum absolute atomic E-state index is 12.8. The standard InChI is InChI=1S/C57H106O6/c1-4-7-10-13-16-18-20-22-24-26-27-28-29-30-31-32-34-35-37-39-41-44-47-50-56(59)62-53-54(52-61-55(58)49-46-43-15-12-9-6-3)63-57(60)51-48-45-42-40-38-36-33-25-23-21-19-17-14-11-8-5-2/h25-27,33,54H,4-24,28-32,34-53H2,1-3H3/b27-26-,33-25-. The van der Waals surface area contributed by atoms with E-state index in [0.717, 1.165) is 64.2 Å². The summed E-state index contributed by atoms with van der Waals surface area (Å²) in [4.78, 5) is 37.8. The second-order valence-electron chi connectivity index (χ2n) is 18.8. The van der Waals surface area contributed by atoms with E-state index in [2.05, 4.69) is 45.1 Å². The molecule has 0 aromatic carbocycles. The molecule has 0 saturated heterocycles. The maximum Gasteiger partial charge on any atom is 0.306 e. The second kappa shape index (κ2) is 52.5. The van der Waals surface area contributed by atoms with Crippen molar-refractivity contribution in [3.05, 3.63) is 24.3 Å². The monoisotopic (exact) mass is 887 g/mol. The van der Waals surface area contributed by atoms with Crippen molar-refractivity contribution in [3.8, 4) is 0 Å². The number of ether oxygens (including phenoxy) is 3. The molecule has 63 heavy (non-hydrogen) atoms.